The van der Waals surface area contributed by atoms with Crippen molar-refractivity contribution in [2.75, 3.05) is 12.3 Å². The first kappa shape index (κ1) is 12.2. The molecule has 1 aliphatic heterocycles. The van der Waals surface area contributed by atoms with Gasteiger partial charge in [0.25, 0.3) is 0 Å². The van der Waals surface area contributed by atoms with Crippen LogP contribution in [0, 0.1) is 0 Å². The minimum Gasteiger partial charge on any atom is -0.394 e. The van der Waals surface area contributed by atoms with Crippen LogP contribution in [0.1, 0.15) is 6.23 Å². The first-order valence-electron chi connectivity index (χ1n) is 5.57. The summed E-state index contributed by atoms with van der Waals surface area (Å²) in [5, 5.41) is 36.2. The maximum absolute atomic E-state index is 9.91. The molecule has 0 radical (unpaired) electrons. The molecule has 0 spiro atoms. The van der Waals surface area contributed by atoms with Gasteiger partial charge in [-0.05, 0) is 0 Å². The van der Waals surface area contributed by atoms with E-state index in [9.17, 15) is 10.2 Å². The second-order valence-electron chi connectivity index (χ2n) is 4.19. The Balaban J connectivity index is 2.04. The fraction of sp³-hybridized carbons (Fsp3) is 0.556. The van der Waals surface area contributed by atoms with Gasteiger partial charge >= 0.3 is 0 Å². The van der Waals surface area contributed by atoms with Crippen molar-refractivity contribution in [1.82, 2.24) is 25.0 Å². The highest BCUT2D eigenvalue weighted by molar-refractivity contribution is 5.80. The molecule has 1 fully saturated rings. The van der Waals surface area contributed by atoms with Crippen LogP contribution in [0.25, 0.3) is 11.2 Å². The van der Waals surface area contributed by atoms with Crippen molar-refractivity contribution < 1.29 is 20.1 Å². The summed E-state index contributed by atoms with van der Waals surface area (Å²) in [5.41, 5.74) is 6.18. The van der Waals surface area contributed by atoms with E-state index in [1.54, 1.807) is 0 Å². The van der Waals surface area contributed by atoms with E-state index in [0.717, 1.165) is 0 Å². The number of nitrogens with zero attached hydrogens (tertiary/aromatic N) is 5. The van der Waals surface area contributed by atoms with Crippen LogP contribution in [0.5, 0.6) is 0 Å². The Hall–Kier alpha value is -1.88. The number of aromatic nitrogens is 5. The summed E-state index contributed by atoms with van der Waals surface area (Å²) in [5.74, 6) is 0.156. The molecule has 3 heterocycles. The number of ether oxygens (including phenoxy) is 1. The maximum atomic E-state index is 9.91. The fourth-order valence-electron chi connectivity index (χ4n) is 2.03. The third-order valence-electron chi connectivity index (χ3n) is 3.05. The molecule has 0 aliphatic carbocycles. The Kier molecular flexibility index (Phi) is 2.78. The van der Waals surface area contributed by atoms with E-state index in [4.69, 9.17) is 15.6 Å². The lowest BCUT2D eigenvalue weighted by Gasteiger charge is -2.14. The van der Waals surface area contributed by atoms with Gasteiger partial charge in [-0.2, -0.15) is 4.68 Å². The van der Waals surface area contributed by atoms with Crippen molar-refractivity contribution >= 4 is 17.0 Å². The molecule has 0 bridgehead atoms. The maximum Gasteiger partial charge on any atom is 0.186 e. The van der Waals surface area contributed by atoms with Crippen molar-refractivity contribution in [2.45, 2.75) is 24.5 Å². The quantitative estimate of drug-likeness (QED) is 0.459. The lowest BCUT2D eigenvalue weighted by molar-refractivity contribution is -0.0574. The third-order valence-corrected chi connectivity index (χ3v) is 3.05. The molecule has 10 nitrogen and oxygen atoms in total. The van der Waals surface area contributed by atoms with Gasteiger partial charge in [-0.25, -0.2) is 9.97 Å². The van der Waals surface area contributed by atoms with Crippen LogP contribution in [0.4, 0.5) is 5.82 Å². The molecule has 2 aromatic heterocycles. The molecule has 2 aromatic rings. The van der Waals surface area contributed by atoms with Gasteiger partial charge in [0.15, 0.2) is 23.2 Å². The van der Waals surface area contributed by atoms with Crippen molar-refractivity contribution in [3.05, 3.63) is 6.33 Å². The van der Waals surface area contributed by atoms with E-state index in [-0.39, 0.29) is 17.0 Å². The number of nitrogens with two attached hydrogens (primary N) is 1. The SMILES string of the molecule is Nc1ncnc2c1nnn2[C@H]1O[C@H](CO)[C@@H](O)[C@@H]1O. The summed E-state index contributed by atoms with van der Waals surface area (Å²) in [4.78, 5) is 7.74. The summed E-state index contributed by atoms with van der Waals surface area (Å²) >= 11 is 0. The van der Waals surface area contributed by atoms with Crippen LogP contribution < -0.4 is 5.73 Å². The molecular formula is C9H12N6O4. The summed E-state index contributed by atoms with van der Waals surface area (Å²) in [6.45, 7) is -0.418. The molecule has 5 N–H and O–H groups in total. The summed E-state index contributed by atoms with van der Waals surface area (Å²) < 4.78 is 6.54. The van der Waals surface area contributed by atoms with Gasteiger partial charge in [0.2, 0.25) is 0 Å². The number of nitrogen functional groups attached to an aromatic ring is 1. The molecule has 19 heavy (non-hydrogen) atoms. The lowest BCUT2D eigenvalue weighted by Crippen LogP contribution is -2.33. The largest absolute Gasteiger partial charge is 0.394 e. The van der Waals surface area contributed by atoms with Crippen molar-refractivity contribution in [2.24, 2.45) is 0 Å². The Morgan fingerprint density at radius 2 is 2.11 bits per heavy atom. The Morgan fingerprint density at radius 1 is 1.32 bits per heavy atom. The van der Waals surface area contributed by atoms with Gasteiger partial charge in [-0.15, -0.1) is 5.10 Å². The van der Waals surface area contributed by atoms with Crippen LogP contribution in [-0.4, -0.2) is 65.2 Å². The first-order valence-corrected chi connectivity index (χ1v) is 5.57. The number of aliphatic hydroxyl groups excluding tert-OH is 3. The van der Waals surface area contributed by atoms with Gasteiger partial charge in [0, 0.05) is 0 Å². The Morgan fingerprint density at radius 3 is 2.79 bits per heavy atom. The molecule has 0 aromatic carbocycles. The van der Waals surface area contributed by atoms with Crippen LogP contribution in [0.15, 0.2) is 6.33 Å². The van der Waals surface area contributed by atoms with E-state index in [1.165, 1.54) is 11.0 Å². The molecule has 1 saturated heterocycles. The molecule has 4 atom stereocenters. The second kappa shape index (κ2) is 4.35. The van der Waals surface area contributed by atoms with Gasteiger partial charge < -0.3 is 25.8 Å². The third kappa shape index (κ3) is 1.73. The topological polar surface area (TPSA) is 152 Å². The number of hydrogen-bond donors (Lipinski definition) is 4. The van der Waals surface area contributed by atoms with Crippen molar-refractivity contribution in [1.29, 1.82) is 0 Å². The monoisotopic (exact) mass is 268 g/mol. The number of anilines is 1. The van der Waals surface area contributed by atoms with Crippen LogP contribution in [-0.2, 0) is 4.74 Å². The fourth-order valence-corrected chi connectivity index (χ4v) is 2.03. The Labute approximate surface area is 106 Å². The van der Waals surface area contributed by atoms with Crippen LogP contribution in [0.3, 0.4) is 0 Å². The highest BCUT2D eigenvalue weighted by Crippen LogP contribution is 2.30. The summed E-state index contributed by atoms with van der Waals surface area (Å²) in [7, 11) is 0. The molecule has 3 rings (SSSR count). The van der Waals surface area contributed by atoms with E-state index in [2.05, 4.69) is 20.3 Å². The average Bonchev–Trinajstić information content (AvgIpc) is 2.94. The molecule has 0 amide bonds. The smallest absolute Gasteiger partial charge is 0.186 e. The molecule has 1 aliphatic rings. The van der Waals surface area contributed by atoms with E-state index in [0.29, 0.717) is 0 Å². The summed E-state index contributed by atoms with van der Waals surface area (Å²) in [6, 6.07) is 0. The zero-order valence-corrected chi connectivity index (χ0v) is 9.66. The normalized spacial score (nSPS) is 31.1. The number of rotatable bonds is 2. The van der Waals surface area contributed by atoms with Gasteiger partial charge in [0.05, 0.1) is 6.61 Å². The van der Waals surface area contributed by atoms with E-state index in [1.807, 2.05) is 0 Å². The minimum absolute atomic E-state index is 0.156. The molecule has 102 valence electrons. The molecule has 10 heteroatoms. The minimum atomic E-state index is -1.25. The van der Waals surface area contributed by atoms with Gasteiger partial charge in [-0.3, -0.25) is 0 Å². The number of aliphatic hydroxyl groups is 3. The summed E-state index contributed by atoms with van der Waals surface area (Å²) in [6.07, 6.45) is -3.12. The van der Waals surface area contributed by atoms with Gasteiger partial charge in [0.1, 0.15) is 24.6 Å². The second-order valence-corrected chi connectivity index (χ2v) is 4.19. The highest BCUT2D eigenvalue weighted by atomic mass is 16.6. The Bertz CT molecular complexity index is 603. The zero-order valence-electron chi connectivity index (χ0n) is 9.66. The average molecular weight is 268 g/mol. The number of hydrogen-bond acceptors (Lipinski definition) is 9. The zero-order chi connectivity index (χ0) is 13.6. The standard InChI is InChI=1S/C9H12N6O4/c10-7-4-8(12-2-11-7)15(14-13-4)9-6(18)5(17)3(1-16)19-9/h2-3,5-6,9,16-18H,1H2,(H2,10,11,12)/t3-,5-,6+,9+/m1/s1. The molecule has 0 saturated carbocycles. The van der Waals surface area contributed by atoms with Crippen molar-refractivity contribution in [3.63, 3.8) is 0 Å². The lowest BCUT2D eigenvalue weighted by atomic mass is 10.1. The molecule has 0 unspecified atom stereocenters. The van der Waals surface area contributed by atoms with Crippen molar-refractivity contribution in [3.8, 4) is 0 Å². The first-order chi connectivity index (χ1) is 9.13. The number of fused-ring (bicyclic) bond motifs is 1. The predicted molar refractivity (Wildman–Crippen MR) is 60.5 cm³/mol. The van der Waals surface area contributed by atoms with Gasteiger partial charge in [-0.1, -0.05) is 5.21 Å². The predicted octanol–water partition coefficient (Wildman–Crippen LogP) is -2.58. The van der Waals surface area contributed by atoms with Crippen LogP contribution >= 0.6 is 0 Å². The van der Waals surface area contributed by atoms with E-state index >= 15 is 0 Å². The van der Waals surface area contributed by atoms with E-state index < -0.39 is 31.1 Å². The van der Waals surface area contributed by atoms with Crippen LogP contribution in [0.2, 0.25) is 0 Å². The molecular weight excluding hydrogens is 256 g/mol. The highest BCUT2D eigenvalue weighted by Gasteiger charge is 2.44.